The van der Waals surface area contributed by atoms with Crippen molar-refractivity contribution in [1.29, 1.82) is 0 Å². The number of carbonyl (C=O) groups is 1. The fourth-order valence-electron chi connectivity index (χ4n) is 2.06. The van der Waals surface area contributed by atoms with Crippen molar-refractivity contribution in [3.8, 4) is 17.2 Å². The Morgan fingerprint density at radius 3 is 2.31 bits per heavy atom. The Morgan fingerprint density at radius 1 is 1.04 bits per heavy atom. The monoisotopic (exact) mass is 360 g/mol. The van der Waals surface area contributed by atoms with Gasteiger partial charge in [0.25, 0.3) is 5.89 Å². The molecule has 1 heterocycles. The Morgan fingerprint density at radius 2 is 1.65 bits per heavy atom. The number of rotatable bonds is 6. The lowest BCUT2D eigenvalue weighted by molar-refractivity contribution is -0.152. The average Bonchev–Trinajstić information content (AvgIpc) is 3.12. The number of halogens is 2. The van der Waals surface area contributed by atoms with E-state index in [1.807, 2.05) is 0 Å². The van der Waals surface area contributed by atoms with Crippen LogP contribution in [0.25, 0.3) is 11.5 Å². The Labute approximate surface area is 147 Å². The summed E-state index contributed by atoms with van der Waals surface area (Å²) in [5.41, 5.74) is 0.545. The first-order valence-corrected chi connectivity index (χ1v) is 7.68. The van der Waals surface area contributed by atoms with Gasteiger partial charge in [-0.1, -0.05) is 0 Å². The largest absolute Gasteiger partial charge is 0.482 e. The van der Waals surface area contributed by atoms with Gasteiger partial charge in [0.2, 0.25) is 5.89 Å². The molecule has 1 aromatic heterocycles. The quantitative estimate of drug-likeness (QED) is 0.624. The summed E-state index contributed by atoms with van der Waals surface area (Å²) < 4.78 is 41.5. The lowest BCUT2D eigenvalue weighted by Gasteiger charge is -2.10. The van der Waals surface area contributed by atoms with Gasteiger partial charge in [0, 0.05) is 5.56 Å². The lowest BCUT2D eigenvalue weighted by Crippen LogP contribution is -2.17. The fourth-order valence-corrected chi connectivity index (χ4v) is 2.06. The third-order valence-corrected chi connectivity index (χ3v) is 3.36. The smallest absolute Gasteiger partial charge is 0.344 e. The van der Waals surface area contributed by atoms with Gasteiger partial charge in [0.05, 0.1) is 0 Å². The van der Waals surface area contributed by atoms with Crippen molar-refractivity contribution in [2.75, 3.05) is 6.61 Å². The molecule has 0 aliphatic heterocycles. The summed E-state index contributed by atoms with van der Waals surface area (Å²) in [6, 6.07) is 10.8. The highest BCUT2D eigenvalue weighted by Gasteiger charge is 2.19. The minimum Gasteiger partial charge on any atom is -0.482 e. The summed E-state index contributed by atoms with van der Waals surface area (Å²) in [5, 5.41) is 7.67. The molecular weight excluding hydrogens is 346 g/mol. The van der Waals surface area contributed by atoms with Crippen LogP contribution in [0.5, 0.6) is 5.75 Å². The van der Waals surface area contributed by atoms with E-state index in [-0.39, 0.29) is 24.2 Å². The Hall–Kier alpha value is -3.29. The van der Waals surface area contributed by atoms with Crippen molar-refractivity contribution < 1.29 is 27.5 Å². The molecule has 1 atom stereocenters. The molecule has 0 saturated heterocycles. The number of ether oxygens (including phenoxy) is 2. The van der Waals surface area contributed by atoms with Crippen LogP contribution in [0.2, 0.25) is 0 Å². The van der Waals surface area contributed by atoms with Gasteiger partial charge in [-0.3, -0.25) is 0 Å². The van der Waals surface area contributed by atoms with Crippen molar-refractivity contribution in [3.63, 3.8) is 0 Å². The maximum absolute atomic E-state index is 12.9. The van der Waals surface area contributed by atoms with Crippen LogP contribution in [0.15, 0.2) is 52.9 Å². The van der Waals surface area contributed by atoms with Gasteiger partial charge in [-0.05, 0) is 55.5 Å². The van der Waals surface area contributed by atoms with Crippen molar-refractivity contribution in [2.24, 2.45) is 0 Å². The van der Waals surface area contributed by atoms with Gasteiger partial charge >= 0.3 is 5.97 Å². The molecule has 2 aromatic carbocycles. The number of carbonyl (C=O) groups excluding carboxylic acids is 1. The molecule has 0 aliphatic rings. The second-order valence-electron chi connectivity index (χ2n) is 5.33. The molecule has 0 radical (unpaired) electrons. The predicted molar refractivity (Wildman–Crippen MR) is 86.1 cm³/mol. The average molecular weight is 360 g/mol. The first-order chi connectivity index (χ1) is 12.5. The number of hydrogen-bond acceptors (Lipinski definition) is 6. The van der Waals surface area contributed by atoms with Gasteiger partial charge in [-0.15, -0.1) is 10.2 Å². The van der Waals surface area contributed by atoms with E-state index in [9.17, 15) is 13.6 Å². The highest BCUT2D eigenvalue weighted by atomic mass is 19.1. The van der Waals surface area contributed by atoms with Crippen molar-refractivity contribution >= 4 is 5.97 Å². The fraction of sp³-hybridized carbons (Fsp3) is 0.167. The number of hydrogen-bond donors (Lipinski definition) is 0. The number of esters is 1. The van der Waals surface area contributed by atoms with E-state index >= 15 is 0 Å². The van der Waals surface area contributed by atoms with Gasteiger partial charge in [-0.25, -0.2) is 13.6 Å². The third-order valence-electron chi connectivity index (χ3n) is 3.36. The molecule has 0 amide bonds. The first kappa shape index (κ1) is 17.5. The zero-order valence-corrected chi connectivity index (χ0v) is 13.7. The maximum Gasteiger partial charge on any atom is 0.344 e. The SMILES string of the molecule is C[C@@H](OC(=O)COc1ccc(F)cc1)c1nnc(-c2ccc(F)cc2)o1. The van der Waals surface area contributed by atoms with Crippen LogP contribution in [-0.2, 0) is 9.53 Å². The Bertz CT molecular complexity index is 879. The molecule has 0 bridgehead atoms. The van der Waals surface area contributed by atoms with E-state index in [1.54, 1.807) is 6.92 Å². The topological polar surface area (TPSA) is 74.5 Å². The highest BCUT2D eigenvalue weighted by Crippen LogP contribution is 2.22. The Balaban J connectivity index is 1.55. The van der Waals surface area contributed by atoms with Gasteiger partial charge in [0.15, 0.2) is 12.7 Å². The molecule has 8 heteroatoms. The molecule has 0 aliphatic carbocycles. The van der Waals surface area contributed by atoms with Crippen LogP contribution < -0.4 is 4.74 Å². The second kappa shape index (κ2) is 7.73. The molecule has 0 spiro atoms. The van der Waals surface area contributed by atoms with Crippen LogP contribution in [0.1, 0.15) is 18.9 Å². The summed E-state index contributed by atoms with van der Waals surface area (Å²) in [6.07, 6.45) is -0.791. The second-order valence-corrected chi connectivity index (χ2v) is 5.33. The van der Waals surface area contributed by atoms with E-state index < -0.39 is 17.9 Å². The summed E-state index contributed by atoms with van der Waals surface area (Å²) in [5.74, 6) is -0.806. The van der Waals surface area contributed by atoms with E-state index in [1.165, 1.54) is 48.5 Å². The van der Waals surface area contributed by atoms with Gasteiger partial charge in [-0.2, -0.15) is 0 Å². The zero-order chi connectivity index (χ0) is 18.5. The van der Waals surface area contributed by atoms with Crippen LogP contribution in [0, 0.1) is 11.6 Å². The number of nitrogens with zero attached hydrogens (tertiary/aromatic N) is 2. The molecule has 3 aromatic rings. The summed E-state index contributed by atoms with van der Waals surface area (Å²) in [6.45, 7) is 1.21. The predicted octanol–water partition coefficient (Wildman–Crippen LogP) is 3.70. The normalized spacial score (nSPS) is 11.8. The summed E-state index contributed by atoms with van der Waals surface area (Å²) >= 11 is 0. The first-order valence-electron chi connectivity index (χ1n) is 7.68. The van der Waals surface area contributed by atoms with E-state index in [0.29, 0.717) is 11.3 Å². The van der Waals surface area contributed by atoms with Crippen molar-refractivity contribution in [2.45, 2.75) is 13.0 Å². The molecule has 0 saturated carbocycles. The van der Waals surface area contributed by atoms with E-state index in [2.05, 4.69) is 10.2 Å². The zero-order valence-electron chi connectivity index (χ0n) is 13.7. The number of benzene rings is 2. The standard InChI is InChI=1S/C18H14F2N2O4/c1-11(25-16(23)10-24-15-8-6-14(20)7-9-15)17-21-22-18(26-17)12-2-4-13(19)5-3-12/h2-9,11H,10H2,1H3/t11-/m1/s1. The minimum absolute atomic E-state index is 0.0967. The van der Waals surface area contributed by atoms with Crippen LogP contribution in [0.3, 0.4) is 0 Å². The lowest BCUT2D eigenvalue weighted by atomic mass is 10.2. The highest BCUT2D eigenvalue weighted by molar-refractivity contribution is 5.71. The van der Waals surface area contributed by atoms with Crippen LogP contribution >= 0.6 is 0 Å². The van der Waals surface area contributed by atoms with E-state index in [0.717, 1.165) is 0 Å². The maximum atomic E-state index is 12.9. The molecular formula is C18H14F2N2O4. The molecule has 0 N–H and O–H groups in total. The van der Waals surface area contributed by atoms with Crippen molar-refractivity contribution in [1.82, 2.24) is 10.2 Å². The third kappa shape index (κ3) is 4.41. The van der Waals surface area contributed by atoms with Gasteiger partial charge < -0.3 is 13.9 Å². The molecule has 0 fully saturated rings. The molecule has 6 nitrogen and oxygen atoms in total. The van der Waals surface area contributed by atoms with Crippen molar-refractivity contribution in [3.05, 3.63) is 66.1 Å². The van der Waals surface area contributed by atoms with Gasteiger partial charge in [0.1, 0.15) is 17.4 Å². The minimum atomic E-state index is -0.791. The summed E-state index contributed by atoms with van der Waals surface area (Å²) in [4.78, 5) is 11.8. The molecule has 134 valence electrons. The number of aromatic nitrogens is 2. The van der Waals surface area contributed by atoms with E-state index in [4.69, 9.17) is 13.9 Å². The Kier molecular flexibility index (Phi) is 5.21. The molecule has 26 heavy (non-hydrogen) atoms. The summed E-state index contributed by atoms with van der Waals surface area (Å²) in [7, 11) is 0. The molecule has 0 unspecified atom stereocenters. The van der Waals surface area contributed by atoms with Crippen LogP contribution in [-0.4, -0.2) is 22.8 Å². The van der Waals surface area contributed by atoms with Crippen LogP contribution in [0.4, 0.5) is 8.78 Å². The molecule has 3 rings (SSSR count).